The van der Waals surface area contributed by atoms with E-state index >= 15 is 0 Å². The summed E-state index contributed by atoms with van der Waals surface area (Å²) in [6.45, 7) is 15.8. The van der Waals surface area contributed by atoms with Crippen molar-refractivity contribution in [2.24, 2.45) is 57.2 Å². The highest BCUT2D eigenvalue weighted by Crippen LogP contribution is 2.87. The lowest BCUT2D eigenvalue weighted by molar-refractivity contribution is -0.165. The smallest absolute Gasteiger partial charge is 0.407 e. The number of alkyl carbamates (subject to hydrolysis) is 2. The van der Waals surface area contributed by atoms with Crippen LogP contribution in [0.4, 0.5) is 9.59 Å². The van der Waals surface area contributed by atoms with Crippen molar-refractivity contribution >= 4 is 12.2 Å². The van der Waals surface area contributed by atoms with Gasteiger partial charge in [-0.1, -0.05) is 41.5 Å². The summed E-state index contributed by atoms with van der Waals surface area (Å²) < 4.78 is 19.0. The van der Waals surface area contributed by atoms with E-state index in [1.807, 2.05) is 0 Å². The van der Waals surface area contributed by atoms with Gasteiger partial charge < -0.3 is 30.2 Å². The number of nitrogens with one attached hydrogen (secondary N) is 3. The number of hydrogen-bond acceptors (Lipinski definition) is 6. The summed E-state index contributed by atoms with van der Waals surface area (Å²) >= 11 is 0. The highest BCUT2D eigenvalue weighted by molar-refractivity contribution is 5.68. The van der Waals surface area contributed by atoms with Crippen molar-refractivity contribution < 1.29 is 23.8 Å². The van der Waals surface area contributed by atoms with E-state index in [4.69, 9.17) is 14.2 Å². The molecule has 7 fully saturated rings. The van der Waals surface area contributed by atoms with Crippen molar-refractivity contribution in [1.29, 1.82) is 0 Å². The van der Waals surface area contributed by atoms with Gasteiger partial charge in [-0.15, -0.1) is 0 Å². The zero-order valence-corrected chi connectivity index (χ0v) is 27.7. The SMILES string of the molecule is CNC(=O)OC(C(C)C)C1C[C@@H](C)[C@H]2C(CC3C4CC[C@H]5C(C)(C)C(OC(=O)NC6CNC6)CCC56CC46CCC32C)O1. The van der Waals surface area contributed by atoms with E-state index in [1.54, 1.807) is 7.05 Å². The van der Waals surface area contributed by atoms with Crippen LogP contribution < -0.4 is 16.0 Å². The maximum absolute atomic E-state index is 12.8. The van der Waals surface area contributed by atoms with Crippen molar-refractivity contribution in [3.63, 3.8) is 0 Å². The van der Waals surface area contributed by atoms with Crippen LogP contribution in [0, 0.1) is 57.2 Å². The molecule has 8 heteroatoms. The Labute approximate surface area is 258 Å². The largest absolute Gasteiger partial charge is 0.446 e. The number of ether oxygens (including phenoxy) is 3. The molecule has 2 amide bonds. The minimum Gasteiger partial charge on any atom is -0.446 e. The van der Waals surface area contributed by atoms with Crippen LogP contribution in [0.5, 0.6) is 0 Å². The first-order valence-electron chi connectivity index (χ1n) is 17.6. The first kappa shape index (κ1) is 30.1. The van der Waals surface area contributed by atoms with E-state index in [0.29, 0.717) is 39.9 Å². The van der Waals surface area contributed by atoms with Crippen LogP contribution >= 0.6 is 0 Å². The molecule has 7 aliphatic rings. The zero-order chi connectivity index (χ0) is 30.5. The van der Waals surface area contributed by atoms with E-state index in [2.05, 4.69) is 57.5 Å². The van der Waals surface area contributed by atoms with Crippen LogP contribution in [0.15, 0.2) is 0 Å². The standard InChI is InChI=1S/C35H57N3O5/c1-19(2)29(43-30(39)36-7)25-14-20(3)28-24(41-25)15-23-22-8-9-26-32(4,5)27(42-31(40)38-21-16-37-17-21)10-11-35(26)18-34(22,35)13-12-33(23,28)6/h19-29,37H,8-18H2,1-7H3,(H,36,39)(H,38,40)/t20-,22?,23?,24?,25?,26+,27?,28+,29?,33?,34?,35?/m1/s1. The number of rotatable bonds is 5. The first-order chi connectivity index (χ1) is 20.4. The Balaban J connectivity index is 1.08. The van der Waals surface area contributed by atoms with Gasteiger partial charge in [0.2, 0.25) is 0 Å². The van der Waals surface area contributed by atoms with E-state index < -0.39 is 0 Å². The second-order valence-corrected chi connectivity index (χ2v) is 17.1. The van der Waals surface area contributed by atoms with Gasteiger partial charge in [0.1, 0.15) is 12.2 Å². The summed E-state index contributed by atoms with van der Waals surface area (Å²) in [5.41, 5.74) is 1.19. The minimum absolute atomic E-state index is 0.00613. The number of fused-ring (bicyclic) bond motifs is 4. The highest BCUT2D eigenvalue weighted by Gasteiger charge is 2.81. The maximum atomic E-state index is 12.8. The van der Waals surface area contributed by atoms with Crippen molar-refractivity contribution in [2.75, 3.05) is 20.1 Å². The number of carbonyl (C=O) groups is 2. The van der Waals surface area contributed by atoms with Gasteiger partial charge >= 0.3 is 12.2 Å². The van der Waals surface area contributed by atoms with Crippen molar-refractivity contribution in [3.8, 4) is 0 Å². The fourth-order valence-electron chi connectivity index (χ4n) is 12.8. The molecule has 43 heavy (non-hydrogen) atoms. The Hall–Kier alpha value is -1.54. The molecule has 0 radical (unpaired) electrons. The van der Waals surface area contributed by atoms with E-state index in [0.717, 1.165) is 38.3 Å². The molecule has 2 spiro atoms. The van der Waals surface area contributed by atoms with Crippen molar-refractivity contribution in [1.82, 2.24) is 16.0 Å². The number of hydrogen-bond donors (Lipinski definition) is 3. The molecule has 7 rings (SSSR count). The third-order valence-corrected chi connectivity index (χ3v) is 14.7. The normalized spacial score (nSPS) is 48.3. The lowest BCUT2D eigenvalue weighted by Gasteiger charge is -2.59. The van der Waals surface area contributed by atoms with Gasteiger partial charge in [-0.3, -0.25) is 0 Å². The molecule has 8 nitrogen and oxygen atoms in total. The van der Waals surface area contributed by atoms with E-state index in [1.165, 1.54) is 38.5 Å². The third kappa shape index (κ3) is 4.34. The molecule has 3 N–H and O–H groups in total. The molecule has 0 aromatic carbocycles. The van der Waals surface area contributed by atoms with Gasteiger partial charge in [-0.25, -0.2) is 9.59 Å². The Morgan fingerprint density at radius 1 is 0.953 bits per heavy atom. The molecule has 0 aromatic rings. The molecule has 0 bridgehead atoms. The van der Waals surface area contributed by atoms with Gasteiger partial charge in [0.15, 0.2) is 0 Å². The van der Waals surface area contributed by atoms with Gasteiger partial charge in [-0.05, 0) is 110 Å². The molecule has 9 unspecified atom stereocenters. The summed E-state index contributed by atoms with van der Waals surface area (Å²) in [5.74, 6) is 3.44. The Morgan fingerprint density at radius 3 is 2.40 bits per heavy atom. The van der Waals surface area contributed by atoms with Crippen molar-refractivity contribution in [2.45, 2.75) is 130 Å². The van der Waals surface area contributed by atoms with Gasteiger partial charge in [0, 0.05) is 25.6 Å². The average molecular weight is 600 g/mol. The summed E-state index contributed by atoms with van der Waals surface area (Å²) in [6, 6.07) is 0.209. The Bertz CT molecular complexity index is 1120. The average Bonchev–Trinajstić information content (AvgIpc) is 3.49. The van der Waals surface area contributed by atoms with Crippen LogP contribution in [0.25, 0.3) is 0 Å². The molecule has 2 saturated heterocycles. The van der Waals surface area contributed by atoms with Crippen LogP contribution in [-0.4, -0.2) is 62.8 Å². The third-order valence-electron chi connectivity index (χ3n) is 14.7. The molecular weight excluding hydrogens is 542 g/mol. The monoisotopic (exact) mass is 599 g/mol. The lowest BCUT2D eigenvalue weighted by Crippen LogP contribution is -2.59. The molecule has 2 aliphatic heterocycles. The maximum Gasteiger partial charge on any atom is 0.407 e. The predicted molar refractivity (Wildman–Crippen MR) is 164 cm³/mol. The lowest BCUT2D eigenvalue weighted by atomic mass is 9.46. The van der Waals surface area contributed by atoms with Crippen molar-refractivity contribution in [3.05, 3.63) is 0 Å². The molecule has 242 valence electrons. The van der Waals surface area contributed by atoms with E-state index in [-0.39, 0.29) is 54.0 Å². The molecule has 12 atom stereocenters. The highest BCUT2D eigenvalue weighted by atomic mass is 16.6. The van der Waals surface area contributed by atoms with Crippen LogP contribution in [-0.2, 0) is 14.2 Å². The summed E-state index contributed by atoms with van der Waals surface area (Å²) in [5, 5.41) is 8.92. The predicted octanol–water partition coefficient (Wildman–Crippen LogP) is 5.89. The zero-order valence-electron chi connectivity index (χ0n) is 27.7. The summed E-state index contributed by atoms with van der Waals surface area (Å²) in [6.07, 6.45) is 10.3. The summed E-state index contributed by atoms with van der Waals surface area (Å²) in [7, 11) is 1.63. The Kier molecular flexibility index (Phi) is 7.17. The summed E-state index contributed by atoms with van der Waals surface area (Å²) in [4.78, 5) is 25.0. The first-order valence-corrected chi connectivity index (χ1v) is 17.6. The number of amides is 2. The topological polar surface area (TPSA) is 97.9 Å². The molecule has 2 heterocycles. The molecule has 5 saturated carbocycles. The van der Waals surface area contributed by atoms with E-state index in [9.17, 15) is 9.59 Å². The second-order valence-electron chi connectivity index (χ2n) is 17.1. The fourth-order valence-corrected chi connectivity index (χ4v) is 12.8. The van der Waals surface area contributed by atoms with Gasteiger partial charge in [-0.2, -0.15) is 0 Å². The fraction of sp³-hybridized carbons (Fsp3) is 0.943. The van der Waals surface area contributed by atoms with Gasteiger partial charge in [0.25, 0.3) is 0 Å². The Morgan fingerprint density at radius 2 is 1.72 bits per heavy atom. The molecule has 5 aliphatic carbocycles. The van der Waals surface area contributed by atoms with Crippen LogP contribution in [0.1, 0.15) is 99.3 Å². The molecular formula is C35H57N3O5. The van der Waals surface area contributed by atoms with Crippen LogP contribution in [0.3, 0.4) is 0 Å². The quantitative estimate of drug-likeness (QED) is 0.365. The number of carbonyl (C=O) groups excluding carboxylic acids is 2. The van der Waals surface area contributed by atoms with Crippen LogP contribution in [0.2, 0.25) is 0 Å². The molecule has 0 aromatic heterocycles. The minimum atomic E-state index is -0.360. The van der Waals surface area contributed by atoms with Gasteiger partial charge in [0.05, 0.1) is 18.2 Å². The second kappa shape index (κ2) is 10.2.